The first-order valence-corrected chi connectivity index (χ1v) is 6.80. The average Bonchev–Trinajstić information content (AvgIpc) is 2.47. The fourth-order valence-electron chi connectivity index (χ4n) is 1.79. The zero-order valence-electron chi connectivity index (χ0n) is 10.6. The van der Waals surface area contributed by atoms with Gasteiger partial charge < -0.3 is 4.74 Å². The molecule has 0 radical (unpaired) electrons. The Hall–Kier alpha value is -1.74. The first-order chi connectivity index (χ1) is 9.29. The van der Waals surface area contributed by atoms with Gasteiger partial charge in [-0.2, -0.15) is 12.6 Å². The molecule has 0 atom stereocenters. The van der Waals surface area contributed by atoms with E-state index in [9.17, 15) is 4.79 Å². The summed E-state index contributed by atoms with van der Waals surface area (Å²) in [4.78, 5) is 11.5. The number of ether oxygens (including phenoxy) is 1. The molecule has 3 heteroatoms. The highest BCUT2D eigenvalue weighted by Crippen LogP contribution is 2.20. The van der Waals surface area contributed by atoms with Gasteiger partial charge in [-0.15, -0.1) is 0 Å². The van der Waals surface area contributed by atoms with Crippen molar-refractivity contribution in [3.63, 3.8) is 0 Å². The van der Waals surface area contributed by atoms with Crippen LogP contribution in [0.3, 0.4) is 0 Å². The van der Waals surface area contributed by atoms with Crippen molar-refractivity contribution in [3.8, 4) is 5.75 Å². The highest BCUT2D eigenvalue weighted by molar-refractivity contribution is 7.81. The molecule has 0 heterocycles. The van der Waals surface area contributed by atoms with Crippen molar-refractivity contribution in [1.29, 1.82) is 0 Å². The zero-order valence-corrected chi connectivity index (χ0v) is 11.5. The molecule has 0 aliphatic heterocycles. The number of hydrogen-bond acceptors (Lipinski definition) is 3. The van der Waals surface area contributed by atoms with E-state index in [0.717, 1.165) is 16.9 Å². The minimum absolute atomic E-state index is 0.0964. The Labute approximate surface area is 118 Å². The molecule has 0 unspecified atom stereocenters. The summed E-state index contributed by atoms with van der Waals surface area (Å²) in [5.41, 5.74) is 2.02. The van der Waals surface area contributed by atoms with Gasteiger partial charge in [0.1, 0.15) is 18.1 Å². The van der Waals surface area contributed by atoms with E-state index in [1.54, 1.807) is 0 Å². The van der Waals surface area contributed by atoms with Crippen molar-refractivity contribution in [3.05, 3.63) is 65.7 Å². The predicted molar refractivity (Wildman–Crippen MR) is 79.8 cm³/mol. The maximum Gasteiger partial charge on any atom is 0.146 e. The molecule has 0 N–H and O–H groups in total. The van der Waals surface area contributed by atoms with Crippen LogP contribution < -0.4 is 4.74 Å². The van der Waals surface area contributed by atoms with Gasteiger partial charge >= 0.3 is 0 Å². The van der Waals surface area contributed by atoms with E-state index in [-0.39, 0.29) is 11.5 Å². The molecule has 0 saturated carbocycles. The minimum Gasteiger partial charge on any atom is -0.489 e. The van der Waals surface area contributed by atoms with Crippen LogP contribution in [0.15, 0.2) is 54.6 Å². The summed E-state index contributed by atoms with van der Waals surface area (Å²) in [6.45, 7) is 0.507. The molecule has 0 amide bonds. The SMILES string of the molecule is O=C(CS)Cc1ccccc1OCc1ccccc1. The maximum atomic E-state index is 11.5. The van der Waals surface area contributed by atoms with Crippen LogP contribution in [0.4, 0.5) is 0 Å². The molecular weight excluding hydrogens is 256 g/mol. The second-order valence-electron chi connectivity index (χ2n) is 4.26. The van der Waals surface area contributed by atoms with Gasteiger partial charge in [0.25, 0.3) is 0 Å². The van der Waals surface area contributed by atoms with Gasteiger partial charge in [-0.1, -0.05) is 48.5 Å². The smallest absolute Gasteiger partial charge is 0.146 e. The lowest BCUT2D eigenvalue weighted by atomic mass is 10.1. The van der Waals surface area contributed by atoms with Crippen molar-refractivity contribution in [1.82, 2.24) is 0 Å². The van der Waals surface area contributed by atoms with Gasteiger partial charge in [-0.25, -0.2) is 0 Å². The third-order valence-electron chi connectivity index (χ3n) is 2.77. The first kappa shape index (κ1) is 13.7. The Morgan fingerprint density at radius 1 is 1.00 bits per heavy atom. The Balaban J connectivity index is 2.05. The molecule has 2 nitrogen and oxygen atoms in total. The Bertz CT molecular complexity index is 537. The molecule has 2 aromatic carbocycles. The normalized spacial score (nSPS) is 10.2. The Kier molecular flexibility index (Phi) is 5.04. The van der Waals surface area contributed by atoms with Crippen LogP contribution in [0.5, 0.6) is 5.75 Å². The molecule has 0 aliphatic carbocycles. The molecule has 0 spiro atoms. The van der Waals surface area contributed by atoms with Crippen molar-refractivity contribution < 1.29 is 9.53 Å². The van der Waals surface area contributed by atoms with Gasteiger partial charge in [0.2, 0.25) is 0 Å². The monoisotopic (exact) mass is 272 g/mol. The van der Waals surface area contributed by atoms with Crippen molar-refractivity contribution >= 4 is 18.4 Å². The maximum absolute atomic E-state index is 11.5. The minimum atomic E-state index is 0.0964. The fraction of sp³-hybridized carbons (Fsp3) is 0.188. The Morgan fingerprint density at radius 3 is 2.42 bits per heavy atom. The largest absolute Gasteiger partial charge is 0.489 e. The highest BCUT2D eigenvalue weighted by atomic mass is 32.1. The summed E-state index contributed by atoms with van der Waals surface area (Å²) in [6, 6.07) is 17.6. The van der Waals surface area contributed by atoms with Crippen LogP contribution in [0, 0.1) is 0 Å². The molecule has 0 aromatic heterocycles. The van der Waals surface area contributed by atoms with E-state index in [4.69, 9.17) is 4.74 Å². The highest BCUT2D eigenvalue weighted by Gasteiger charge is 2.07. The summed E-state index contributed by atoms with van der Waals surface area (Å²) in [7, 11) is 0. The summed E-state index contributed by atoms with van der Waals surface area (Å²) < 4.78 is 5.79. The van der Waals surface area contributed by atoms with Gasteiger partial charge in [0.05, 0.1) is 0 Å². The van der Waals surface area contributed by atoms with Crippen LogP contribution in [-0.4, -0.2) is 11.5 Å². The van der Waals surface area contributed by atoms with Gasteiger partial charge in [-0.05, 0) is 11.6 Å². The number of para-hydroxylation sites is 1. The second-order valence-corrected chi connectivity index (χ2v) is 4.57. The summed E-state index contributed by atoms with van der Waals surface area (Å²) >= 11 is 4.00. The number of benzene rings is 2. The molecular formula is C16H16O2S. The average molecular weight is 272 g/mol. The quantitative estimate of drug-likeness (QED) is 0.817. The number of hydrogen-bond donors (Lipinski definition) is 1. The van der Waals surface area contributed by atoms with Crippen LogP contribution in [0.2, 0.25) is 0 Å². The van der Waals surface area contributed by atoms with Gasteiger partial charge in [0.15, 0.2) is 0 Å². The standard InChI is InChI=1S/C16H16O2S/c17-15(12-19)10-14-8-4-5-9-16(14)18-11-13-6-2-1-3-7-13/h1-9,19H,10-12H2. The third-order valence-corrected chi connectivity index (χ3v) is 3.13. The molecule has 19 heavy (non-hydrogen) atoms. The molecule has 0 saturated heterocycles. The van der Waals surface area contributed by atoms with Crippen LogP contribution in [0.25, 0.3) is 0 Å². The van der Waals surface area contributed by atoms with Crippen molar-refractivity contribution in [2.24, 2.45) is 0 Å². The van der Waals surface area contributed by atoms with E-state index in [0.29, 0.717) is 13.0 Å². The van der Waals surface area contributed by atoms with Gasteiger partial charge in [0, 0.05) is 17.7 Å². The lowest BCUT2D eigenvalue weighted by Crippen LogP contribution is -2.06. The molecule has 0 aliphatic rings. The second kappa shape index (κ2) is 7.00. The van der Waals surface area contributed by atoms with Crippen molar-refractivity contribution in [2.75, 3.05) is 5.75 Å². The van der Waals surface area contributed by atoms with E-state index < -0.39 is 0 Å². The number of Topliss-reactive ketones (excluding diaryl/α,β-unsaturated/α-hetero) is 1. The van der Waals surface area contributed by atoms with E-state index in [1.807, 2.05) is 54.6 Å². The Morgan fingerprint density at radius 2 is 1.68 bits per heavy atom. The zero-order chi connectivity index (χ0) is 13.5. The number of thiol groups is 1. The summed E-state index contributed by atoms with van der Waals surface area (Å²) in [6.07, 6.45) is 0.370. The summed E-state index contributed by atoms with van der Waals surface area (Å²) in [5, 5.41) is 0. The van der Waals surface area contributed by atoms with Crippen LogP contribution in [0.1, 0.15) is 11.1 Å². The summed E-state index contributed by atoms with van der Waals surface area (Å²) in [5.74, 6) is 1.12. The van der Waals surface area contributed by atoms with E-state index >= 15 is 0 Å². The number of rotatable bonds is 6. The number of ketones is 1. The van der Waals surface area contributed by atoms with Crippen LogP contribution in [-0.2, 0) is 17.8 Å². The predicted octanol–water partition coefficient (Wildman–Crippen LogP) is 3.31. The van der Waals surface area contributed by atoms with Crippen LogP contribution >= 0.6 is 12.6 Å². The van der Waals surface area contributed by atoms with E-state index in [1.165, 1.54) is 0 Å². The van der Waals surface area contributed by atoms with E-state index in [2.05, 4.69) is 12.6 Å². The number of carbonyl (C=O) groups excluding carboxylic acids is 1. The molecule has 0 bridgehead atoms. The third kappa shape index (κ3) is 4.14. The lowest BCUT2D eigenvalue weighted by Gasteiger charge is -2.10. The topological polar surface area (TPSA) is 26.3 Å². The molecule has 98 valence electrons. The molecule has 2 rings (SSSR count). The fourth-order valence-corrected chi connectivity index (χ4v) is 1.91. The van der Waals surface area contributed by atoms with Crippen molar-refractivity contribution in [2.45, 2.75) is 13.0 Å². The molecule has 2 aromatic rings. The first-order valence-electron chi connectivity index (χ1n) is 6.17. The lowest BCUT2D eigenvalue weighted by molar-refractivity contribution is -0.116. The number of carbonyl (C=O) groups is 1. The van der Waals surface area contributed by atoms with Gasteiger partial charge in [-0.3, -0.25) is 4.79 Å². The molecule has 0 fully saturated rings.